The first-order valence-corrected chi connectivity index (χ1v) is 20.8. The fourth-order valence-electron chi connectivity index (χ4n) is 5.90. The van der Waals surface area contributed by atoms with Crippen molar-refractivity contribution in [2.45, 2.75) is 192 Å². The van der Waals surface area contributed by atoms with Gasteiger partial charge in [-0.3, -0.25) is 9.35 Å². The molecule has 12 nitrogen and oxygen atoms in total. The molecule has 0 amide bonds. The largest absolute Gasteiger partial charge is 0.457 e. The van der Waals surface area contributed by atoms with Gasteiger partial charge in [0, 0.05) is 13.0 Å². The first-order valence-electron chi connectivity index (χ1n) is 19.4. The van der Waals surface area contributed by atoms with Crippen LogP contribution in [-0.4, -0.2) is 97.5 Å². The van der Waals surface area contributed by atoms with E-state index in [9.17, 15) is 28.5 Å². The van der Waals surface area contributed by atoms with Crippen molar-refractivity contribution in [3.05, 3.63) is 12.2 Å². The van der Waals surface area contributed by atoms with Crippen LogP contribution in [0, 0.1) is 0 Å². The molecule has 0 aliphatic carbocycles. The minimum atomic E-state index is -5.05. The quantitative estimate of drug-likeness (QED) is 0.0242. The maximum atomic E-state index is 12.7. The Kier molecular flexibility index (Phi) is 28.4. The number of aliphatic hydroxyl groups is 3. The number of ether oxygens (including phenoxy) is 4. The third-order valence-corrected chi connectivity index (χ3v) is 9.35. The van der Waals surface area contributed by atoms with E-state index in [4.69, 9.17) is 23.5 Å². The summed E-state index contributed by atoms with van der Waals surface area (Å²) >= 11 is 0. The van der Waals surface area contributed by atoms with Gasteiger partial charge in [-0.25, -0.2) is 4.18 Å². The van der Waals surface area contributed by atoms with Crippen LogP contribution in [0.5, 0.6) is 0 Å². The molecule has 1 rings (SSSR count). The molecule has 0 aromatic carbocycles. The molecular formula is C37H70O12S. The second-order valence-corrected chi connectivity index (χ2v) is 14.6. The Morgan fingerprint density at radius 3 is 1.80 bits per heavy atom. The van der Waals surface area contributed by atoms with Crippen LogP contribution in [-0.2, 0) is 38.3 Å². The predicted molar refractivity (Wildman–Crippen MR) is 193 cm³/mol. The van der Waals surface area contributed by atoms with Crippen molar-refractivity contribution in [2.75, 3.05) is 26.4 Å². The lowest BCUT2D eigenvalue weighted by Crippen LogP contribution is -2.60. The Bertz CT molecular complexity index is 947. The topological polar surface area (TPSA) is 178 Å². The number of hydrogen-bond acceptors (Lipinski definition) is 11. The average Bonchev–Trinajstić information content (AvgIpc) is 3.08. The first-order chi connectivity index (χ1) is 24.1. The monoisotopic (exact) mass is 738 g/mol. The Labute approximate surface area is 302 Å². The molecule has 4 N–H and O–H groups in total. The number of carbonyl (C=O) groups is 1. The number of hydrogen-bond donors (Lipinski definition) is 4. The van der Waals surface area contributed by atoms with E-state index in [-0.39, 0.29) is 19.6 Å². The third kappa shape index (κ3) is 24.2. The van der Waals surface area contributed by atoms with Gasteiger partial charge < -0.3 is 34.3 Å². The van der Waals surface area contributed by atoms with E-state index in [0.29, 0.717) is 13.0 Å². The van der Waals surface area contributed by atoms with Gasteiger partial charge in [0.15, 0.2) is 6.29 Å². The second kappa shape index (κ2) is 30.3. The number of rotatable bonds is 33. The molecule has 296 valence electrons. The molecule has 0 saturated carbocycles. The zero-order chi connectivity index (χ0) is 36.9. The summed E-state index contributed by atoms with van der Waals surface area (Å²) in [5.74, 6) is -0.406. The van der Waals surface area contributed by atoms with Gasteiger partial charge in [-0.15, -0.1) is 0 Å². The van der Waals surface area contributed by atoms with E-state index < -0.39 is 59.8 Å². The molecule has 1 fully saturated rings. The summed E-state index contributed by atoms with van der Waals surface area (Å²) in [6, 6.07) is 0. The smallest absolute Gasteiger partial charge is 0.397 e. The van der Waals surface area contributed by atoms with Crippen LogP contribution in [0.2, 0.25) is 0 Å². The second-order valence-electron chi connectivity index (χ2n) is 13.5. The van der Waals surface area contributed by atoms with E-state index in [0.717, 1.165) is 44.9 Å². The highest BCUT2D eigenvalue weighted by molar-refractivity contribution is 7.80. The van der Waals surface area contributed by atoms with Crippen LogP contribution in [0.1, 0.15) is 155 Å². The number of carbonyl (C=O) groups excluding carboxylic acids is 1. The molecule has 0 aromatic rings. The molecule has 0 aromatic heterocycles. The van der Waals surface area contributed by atoms with E-state index in [2.05, 4.69) is 30.2 Å². The van der Waals surface area contributed by atoms with Gasteiger partial charge in [0.1, 0.15) is 30.5 Å². The molecule has 1 aliphatic rings. The van der Waals surface area contributed by atoms with E-state index in [1.807, 2.05) is 0 Å². The van der Waals surface area contributed by atoms with E-state index in [1.54, 1.807) is 0 Å². The lowest BCUT2D eigenvalue weighted by molar-refractivity contribution is -0.301. The molecule has 13 heteroatoms. The van der Waals surface area contributed by atoms with Crippen LogP contribution < -0.4 is 0 Å². The van der Waals surface area contributed by atoms with Crippen LogP contribution in [0.25, 0.3) is 0 Å². The van der Waals surface area contributed by atoms with Gasteiger partial charge in [-0.1, -0.05) is 122 Å². The summed E-state index contributed by atoms with van der Waals surface area (Å²) in [5, 5.41) is 30.5. The van der Waals surface area contributed by atoms with Crippen molar-refractivity contribution in [3.8, 4) is 0 Å². The van der Waals surface area contributed by atoms with Crippen LogP contribution in [0.15, 0.2) is 12.2 Å². The third-order valence-electron chi connectivity index (χ3n) is 8.89. The SMILES string of the molecule is CCCCCCC/C=C\CCCCCCCCOCC(COC1OC(CO)C(O)C(OS(=O)(=O)O)C1O)OC(=O)CCCCCCCCCC. The summed E-state index contributed by atoms with van der Waals surface area (Å²) < 4.78 is 58.7. The zero-order valence-electron chi connectivity index (χ0n) is 31.0. The molecule has 1 saturated heterocycles. The Balaban J connectivity index is 2.47. The molecule has 1 aliphatic heterocycles. The molecule has 6 atom stereocenters. The average molecular weight is 739 g/mol. The number of esters is 1. The Morgan fingerprint density at radius 1 is 0.740 bits per heavy atom. The molecule has 1 heterocycles. The lowest BCUT2D eigenvalue weighted by atomic mass is 9.99. The van der Waals surface area contributed by atoms with Crippen molar-refractivity contribution >= 4 is 16.4 Å². The van der Waals surface area contributed by atoms with Gasteiger partial charge in [0.25, 0.3) is 0 Å². The minimum Gasteiger partial charge on any atom is -0.457 e. The van der Waals surface area contributed by atoms with Crippen LogP contribution >= 0.6 is 0 Å². The van der Waals surface area contributed by atoms with Crippen LogP contribution in [0.4, 0.5) is 0 Å². The molecule has 0 radical (unpaired) electrons. The zero-order valence-corrected chi connectivity index (χ0v) is 31.8. The van der Waals surface area contributed by atoms with Gasteiger partial charge in [-0.05, 0) is 38.5 Å². The number of allylic oxidation sites excluding steroid dienone is 2. The van der Waals surface area contributed by atoms with Gasteiger partial charge in [0.2, 0.25) is 0 Å². The van der Waals surface area contributed by atoms with E-state index in [1.165, 1.54) is 83.5 Å². The summed E-state index contributed by atoms with van der Waals surface area (Å²) in [7, 11) is -5.05. The van der Waals surface area contributed by atoms with E-state index >= 15 is 0 Å². The van der Waals surface area contributed by atoms with Gasteiger partial charge in [0.05, 0.1) is 19.8 Å². The predicted octanol–water partition coefficient (Wildman–Crippen LogP) is 6.74. The maximum absolute atomic E-state index is 12.7. The van der Waals surface area contributed by atoms with Crippen molar-refractivity contribution in [1.82, 2.24) is 0 Å². The van der Waals surface area contributed by atoms with Gasteiger partial charge >= 0.3 is 16.4 Å². The maximum Gasteiger partial charge on any atom is 0.397 e. The number of aliphatic hydroxyl groups excluding tert-OH is 3. The molecule has 0 bridgehead atoms. The Morgan fingerprint density at radius 2 is 1.26 bits per heavy atom. The Hall–Kier alpha value is -1.16. The fourth-order valence-corrected chi connectivity index (χ4v) is 6.41. The summed E-state index contributed by atoms with van der Waals surface area (Å²) in [6.45, 7) is 3.92. The fraction of sp³-hybridized carbons (Fsp3) is 0.919. The number of unbranched alkanes of at least 4 members (excludes halogenated alkanes) is 18. The summed E-state index contributed by atoms with van der Waals surface area (Å²) in [4.78, 5) is 12.7. The van der Waals surface area contributed by atoms with Crippen LogP contribution in [0.3, 0.4) is 0 Å². The van der Waals surface area contributed by atoms with Crippen molar-refractivity contribution in [1.29, 1.82) is 0 Å². The van der Waals surface area contributed by atoms with Crippen molar-refractivity contribution < 1.29 is 56.2 Å². The summed E-state index contributed by atoms with van der Waals surface area (Å²) in [6.07, 6.45) is 19.8. The van der Waals surface area contributed by atoms with Crippen molar-refractivity contribution in [2.24, 2.45) is 0 Å². The highest BCUT2D eigenvalue weighted by atomic mass is 32.3. The highest BCUT2D eigenvalue weighted by Crippen LogP contribution is 2.26. The standard InChI is InChI=1S/C37H70O12S/c1-3-5-7-9-11-13-14-15-16-17-18-19-21-23-25-27-45-29-31(47-33(39)26-24-22-20-12-10-8-6-4-2)30-46-37-35(41)36(49-50(42,43)44)34(40)32(28-38)48-37/h14-15,31-32,34-38,40-41H,3-13,16-30H2,1-2H3,(H,42,43,44)/b15-14-. The minimum absolute atomic E-state index is 0.0356. The summed E-state index contributed by atoms with van der Waals surface area (Å²) in [5.41, 5.74) is 0. The molecule has 50 heavy (non-hydrogen) atoms. The molecular weight excluding hydrogens is 668 g/mol. The first kappa shape index (κ1) is 46.9. The highest BCUT2D eigenvalue weighted by Gasteiger charge is 2.48. The normalized spacial score (nSPS) is 21.9. The van der Waals surface area contributed by atoms with Gasteiger partial charge in [-0.2, -0.15) is 8.42 Å². The molecule has 6 unspecified atom stereocenters. The van der Waals surface area contributed by atoms with Crippen molar-refractivity contribution in [3.63, 3.8) is 0 Å². The lowest BCUT2D eigenvalue weighted by Gasteiger charge is -2.41. The molecule has 0 spiro atoms.